The van der Waals surface area contributed by atoms with Crippen LogP contribution in [-0.2, 0) is 10.0 Å². The topological polar surface area (TPSA) is 83.5 Å². The van der Waals surface area contributed by atoms with Gasteiger partial charge in [0.05, 0.1) is 0 Å². The first-order valence-corrected chi connectivity index (χ1v) is 5.85. The second-order valence-corrected chi connectivity index (χ2v) is 5.28. The number of alkyl halides is 3. The Morgan fingerprint density at radius 3 is 2.31 bits per heavy atom. The molecule has 1 aromatic heterocycles. The fourth-order valence-electron chi connectivity index (χ4n) is 0.698. The van der Waals surface area contributed by atoms with E-state index in [1.165, 1.54) is 4.72 Å². The van der Waals surface area contributed by atoms with Crippen LogP contribution in [-0.4, -0.2) is 25.0 Å². The predicted molar refractivity (Wildman–Crippen MR) is 49.9 cm³/mol. The maximum Gasteiger partial charge on any atom is 0.516 e. The van der Waals surface area contributed by atoms with Crippen molar-refractivity contribution >= 4 is 32.3 Å². The van der Waals surface area contributed by atoms with E-state index in [1.807, 2.05) is 0 Å². The zero-order valence-electron chi connectivity index (χ0n) is 7.28. The summed E-state index contributed by atoms with van der Waals surface area (Å²) in [7, 11) is -5.50. The lowest BCUT2D eigenvalue weighted by atomic mass is 10.5. The molecule has 0 saturated heterocycles. The first kappa shape index (κ1) is 12.8. The van der Waals surface area contributed by atoms with Crippen molar-refractivity contribution in [2.45, 2.75) is 5.51 Å². The minimum Gasteiger partial charge on any atom is -0.477 e. The summed E-state index contributed by atoms with van der Waals surface area (Å²) in [6, 6.07) is 1.94. The number of thiophene rings is 1. The molecule has 0 aliphatic rings. The summed E-state index contributed by atoms with van der Waals surface area (Å²) in [6.07, 6.45) is 0. The first-order chi connectivity index (χ1) is 7.13. The lowest BCUT2D eigenvalue weighted by Gasteiger charge is -2.08. The summed E-state index contributed by atoms with van der Waals surface area (Å²) in [5.41, 5.74) is -5.43. The number of halogens is 3. The Hall–Kier alpha value is -1.29. The summed E-state index contributed by atoms with van der Waals surface area (Å²) < 4.78 is 58.3. The fraction of sp³-hybridized carbons (Fsp3) is 0.167. The van der Waals surface area contributed by atoms with Crippen LogP contribution in [0.3, 0.4) is 0 Å². The maximum atomic E-state index is 11.9. The third kappa shape index (κ3) is 2.64. The van der Waals surface area contributed by atoms with Crippen LogP contribution in [0.2, 0.25) is 0 Å². The van der Waals surface area contributed by atoms with Gasteiger partial charge in [-0.1, -0.05) is 0 Å². The number of nitrogens with one attached hydrogen (secondary N) is 1. The molecule has 0 aliphatic carbocycles. The Balaban J connectivity index is 2.94. The fourth-order valence-corrected chi connectivity index (χ4v) is 2.24. The molecular formula is C6H4F3NO4S2. The highest BCUT2D eigenvalue weighted by Crippen LogP contribution is 2.29. The Bertz CT molecular complexity index is 504. The molecule has 1 heterocycles. The average Bonchev–Trinajstić information content (AvgIpc) is 2.49. The van der Waals surface area contributed by atoms with Crippen molar-refractivity contribution in [3.05, 3.63) is 17.0 Å². The van der Waals surface area contributed by atoms with Crippen LogP contribution < -0.4 is 4.72 Å². The third-order valence-electron chi connectivity index (χ3n) is 1.36. The SMILES string of the molecule is O=C(O)c1ccc(NS(=O)(=O)C(F)(F)F)s1. The van der Waals surface area contributed by atoms with Crippen LogP contribution in [0, 0.1) is 0 Å². The zero-order chi connectivity index (χ0) is 12.6. The molecule has 1 aromatic rings. The molecule has 0 atom stereocenters. The van der Waals surface area contributed by atoms with Gasteiger partial charge in [0, 0.05) is 0 Å². The van der Waals surface area contributed by atoms with Crippen LogP contribution in [0.15, 0.2) is 12.1 Å². The van der Waals surface area contributed by atoms with Crippen LogP contribution in [0.1, 0.15) is 9.67 Å². The van der Waals surface area contributed by atoms with Gasteiger partial charge in [0.15, 0.2) is 0 Å². The normalized spacial score (nSPS) is 12.4. The number of carboxylic acid groups (broad SMARTS) is 1. The van der Waals surface area contributed by atoms with Crippen LogP contribution >= 0.6 is 11.3 Å². The van der Waals surface area contributed by atoms with Crippen molar-refractivity contribution < 1.29 is 31.5 Å². The Morgan fingerprint density at radius 1 is 1.38 bits per heavy atom. The molecule has 0 aromatic carbocycles. The molecule has 0 radical (unpaired) electrons. The molecule has 0 fully saturated rings. The quantitative estimate of drug-likeness (QED) is 0.879. The standard InChI is InChI=1S/C6H4F3NO4S2/c7-6(8,9)16(13,14)10-4-2-1-3(15-4)5(11)12/h1-2,10H,(H,11,12). The van der Waals surface area contributed by atoms with Gasteiger partial charge in [-0.05, 0) is 12.1 Å². The maximum absolute atomic E-state index is 11.9. The van der Waals surface area contributed by atoms with Crippen LogP contribution in [0.4, 0.5) is 18.2 Å². The van der Waals surface area contributed by atoms with Gasteiger partial charge in [-0.15, -0.1) is 11.3 Å². The molecule has 5 nitrogen and oxygen atoms in total. The molecule has 1 rings (SSSR count). The predicted octanol–water partition coefficient (Wildman–Crippen LogP) is 1.71. The van der Waals surface area contributed by atoms with E-state index in [0.717, 1.165) is 12.1 Å². The number of anilines is 1. The number of rotatable bonds is 3. The number of hydrogen-bond donors (Lipinski definition) is 2. The number of hydrogen-bond acceptors (Lipinski definition) is 4. The van der Waals surface area contributed by atoms with E-state index in [-0.39, 0.29) is 4.88 Å². The molecule has 0 aliphatic heterocycles. The Labute approximate surface area is 91.6 Å². The molecule has 0 amide bonds. The van der Waals surface area contributed by atoms with Crippen molar-refractivity contribution in [3.8, 4) is 0 Å². The lowest BCUT2D eigenvalue weighted by molar-refractivity contribution is -0.0429. The van der Waals surface area contributed by atoms with Gasteiger partial charge in [-0.25, -0.2) is 4.79 Å². The number of carboxylic acids is 1. The van der Waals surface area contributed by atoms with Crippen LogP contribution in [0.5, 0.6) is 0 Å². The highest BCUT2D eigenvalue weighted by atomic mass is 32.2. The minimum absolute atomic E-state index is 0.264. The number of sulfonamides is 1. The van der Waals surface area contributed by atoms with E-state index in [1.54, 1.807) is 0 Å². The molecule has 0 bridgehead atoms. The minimum atomic E-state index is -5.50. The summed E-state index contributed by atoms with van der Waals surface area (Å²) in [5.74, 6) is -1.34. The summed E-state index contributed by atoms with van der Waals surface area (Å²) in [4.78, 5) is 10.1. The Morgan fingerprint density at radius 2 is 1.94 bits per heavy atom. The van der Waals surface area contributed by atoms with E-state index in [9.17, 15) is 26.4 Å². The van der Waals surface area contributed by atoms with Gasteiger partial charge in [0.2, 0.25) is 0 Å². The van der Waals surface area contributed by atoms with Gasteiger partial charge in [-0.2, -0.15) is 21.6 Å². The van der Waals surface area contributed by atoms with Gasteiger partial charge < -0.3 is 5.11 Å². The average molecular weight is 275 g/mol. The number of aromatic carboxylic acids is 1. The summed E-state index contributed by atoms with van der Waals surface area (Å²) in [6.45, 7) is 0. The second-order valence-electron chi connectivity index (χ2n) is 2.52. The van der Waals surface area contributed by atoms with E-state index in [2.05, 4.69) is 0 Å². The molecule has 16 heavy (non-hydrogen) atoms. The van der Waals surface area contributed by atoms with Crippen molar-refractivity contribution in [2.24, 2.45) is 0 Å². The van der Waals surface area contributed by atoms with Crippen molar-refractivity contribution in [2.75, 3.05) is 4.72 Å². The van der Waals surface area contributed by atoms with E-state index >= 15 is 0 Å². The molecule has 0 saturated carbocycles. The molecule has 90 valence electrons. The van der Waals surface area contributed by atoms with E-state index in [4.69, 9.17) is 5.11 Å². The highest BCUT2D eigenvalue weighted by Gasteiger charge is 2.46. The largest absolute Gasteiger partial charge is 0.516 e. The third-order valence-corrected chi connectivity index (χ3v) is 3.57. The van der Waals surface area contributed by atoms with Gasteiger partial charge in [0.25, 0.3) is 0 Å². The molecular weight excluding hydrogens is 271 g/mol. The molecule has 2 N–H and O–H groups in total. The highest BCUT2D eigenvalue weighted by molar-refractivity contribution is 7.93. The van der Waals surface area contributed by atoms with Gasteiger partial charge in [-0.3, -0.25) is 4.72 Å². The summed E-state index contributed by atoms with van der Waals surface area (Å²) >= 11 is 0.394. The molecule has 10 heteroatoms. The monoisotopic (exact) mass is 275 g/mol. The first-order valence-electron chi connectivity index (χ1n) is 3.56. The Kier molecular flexibility index (Phi) is 3.15. The van der Waals surface area contributed by atoms with Gasteiger partial charge >= 0.3 is 21.5 Å². The zero-order valence-corrected chi connectivity index (χ0v) is 8.91. The second kappa shape index (κ2) is 3.94. The van der Waals surface area contributed by atoms with Crippen LogP contribution in [0.25, 0.3) is 0 Å². The smallest absolute Gasteiger partial charge is 0.477 e. The molecule has 0 unspecified atom stereocenters. The van der Waals surface area contributed by atoms with E-state index < -0.39 is 26.5 Å². The van der Waals surface area contributed by atoms with Gasteiger partial charge in [0.1, 0.15) is 9.88 Å². The van der Waals surface area contributed by atoms with Crippen molar-refractivity contribution in [3.63, 3.8) is 0 Å². The number of carbonyl (C=O) groups is 1. The molecule has 0 spiro atoms. The van der Waals surface area contributed by atoms with E-state index in [0.29, 0.717) is 11.3 Å². The lowest BCUT2D eigenvalue weighted by Crippen LogP contribution is -2.29. The van der Waals surface area contributed by atoms with Crippen molar-refractivity contribution in [1.29, 1.82) is 0 Å². The summed E-state index contributed by atoms with van der Waals surface area (Å²) in [5, 5.41) is 8.06. The van der Waals surface area contributed by atoms with Crippen molar-refractivity contribution in [1.82, 2.24) is 0 Å².